The molecular weight excluding hydrogens is 990 g/mol. The molecule has 8 heteroatoms. The minimum atomic E-state index is -0.00313. The predicted octanol–water partition coefficient (Wildman–Crippen LogP) is 14.1. The second-order valence-electron chi connectivity index (χ2n) is 19.5. The van der Waals surface area contributed by atoms with Gasteiger partial charge in [-0.2, -0.15) is 12.1 Å². The first-order chi connectivity index (χ1) is 31.5. The molecule has 0 N–H and O–H groups in total. The summed E-state index contributed by atoms with van der Waals surface area (Å²) in [5, 5.41) is 2.27. The first-order valence-corrected chi connectivity index (χ1v) is 22.4. The average molecular weight is 1040 g/mol. The third-order valence-electron chi connectivity index (χ3n) is 13.4. The maximum atomic E-state index is 5.21. The van der Waals surface area contributed by atoms with Gasteiger partial charge in [0.2, 0.25) is 11.6 Å². The van der Waals surface area contributed by atoms with Crippen LogP contribution in [0.2, 0.25) is 0 Å². The van der Waals surface area contributed by atoms with E-state index < -0.39 is 0 Å². The van der Waals surface area contributed by atoms with Gasteiger partial charge >= 0.3 is 21.1 Å². The van der Waals surface area contributed by atoms with E-state index in [1.165, 1.54) is 22.3 Å². The molecule has 0 unspecified atom stereocenters. The summed E-state index contributed by atoms with van der Waals surface area (Å²) in [4.78, 5) is 10.4. The Morgan fingerprint density at radius 3 is 1.41 bits per heavy atom. The van der Waals surface area contributed by atoms with E-state index in [1.807, 2.05) is 6.07 Å². The fourth-order valence-electron chi connectivity index (χ4n) is 10.0. The molecule has 0 radical (unpaired) electrons. The zero-order chi connectivity index (χ0) is 43.9. The van der Waals surface area contributed by atoms with E-state index in [4.69, 9.17) is 9.97 Å². The summed E-state index contributed by atoms with van der Waals surface area (Å²) in [6, 6.07) is 66.7. The van der Waals surface area contributed by atoms with Crippen molar-refractivity contribution in [1.82, 2.24) is 32.5 Å². The first-order valence-electron chi connectivity index (χ1n) is 22.4. The smallest absolute Gasteiger partial charge is 0.358 e. The third kappa shape index (κ3) is 5.92. The van der Waals surface area contributed by atoms with Gasteiger partial charge in [0, 0.05) is 5.52 Å². The van der Waals surface area contributed by atoms with Crippen molar-refractivity contribution in [2.45, 2.75) is 52.4 Å². The molecule has 0 spiro atoms. The first kappa shape index (κ1) is 40.3. The summed E-state index contributed by atoms with van der Waals surface area (Å²) in [6.45, 7) is 13.8. The van der Waals surface area contributed by atoms with Crippen LogP contribution in [0, 0.1) is 12.1 Å². The van der Waals surface area contributed by atoms with E-state index >= 15 is 0 Å². The Morgan fingerprint density at radius 1 is 0.379 bits per heavy atom. The van der Waals surface area contributed by atoms with Crippen molar-refractivity contribution >= 4 is 77.5 Å². The Bertz CT molecular complexity index is 4070. The summed E-state index contributed by atoms with van der Waals surface area (Å²) >= 11 is 0. The van der Waals surface area contributed by atoms with E-state index in [1.54, 1.807) is 0 Å². The molecule has 8 aromatic carbocycles. The predicted molar refractivity (Wildman–Crippen MR) is 267 cm³/mol. The second kappa shape index (κ2) is 14.4. The van der Waals surface area contributed by atoms with Crippen LogP contribution in [-0.4, -0.2) is 32.5 Å². The largest absolute Gasteiger partial charge is 2.00 e. The number of benzene rings is 8. The van der Waals surface area contributed by atoms with Crippen LogP contribution in [-0.2, 0) is 31.9 Å². The molecule has 5 aromatic heterocycles. The van der Waals surface area contributed by atoms with E-state index in [9.17, 15) is 0 Å². The fourth-order valence-corrected chi connectivity index (χ4v) is 10.0. The topological polar surface area (TPSA) is 49.4 Å². The number of rotatable bonds is 4. The van der Waals surface area contributed by atoms with Gasteiger partial charge in [0.25, 0.3) is 0 Å². The van der Waals surface area contributed by atoms with Crippen LogP contribution in [0.1, 0.15) is 52.7 Å². The van der Waals surface area contributed by atoms with Gasteiger partial charge in [-0.25, -0.2) is 9.97 Å². The monoisotopic (exact) mass is 1030 g/mol. The van der Waals surface area contributed by atoms with E-state index in [-0.39, 0.29) is 31.9 Å². The summed E-state index contributed by atoms with van der Waals surface area (Å²) in [5.74, 6) is 1.70. The van der Waals surface area contributed by atoms with Gasteiger partial charge in [-0.1, -0.05) is 143 Å². The van der Waals surface area contributed by atoms with Crippen molar-refractivity contribution in [3.8, 4) is 28.2 Å². The Balaban J connectivity index is 0.00000456. The van der Waals surface area contributed by atoms with Gasteiger partial charge in [0.15, 0.2) is 0 Å². The summed E-state index contributed by atoms with van der Waals surface area (Å²) in [7, 11) is 0. The van der Waals surface area contributed by atoms with Gasteiger partial charge in [0.1, 0.15) is 0 Å². The molecule has 0 saturated heterocycles. The van der Waals surface area contributed by atoms with Crippen molar-refractivity contribution in [3.05, 3.63) is 187 Å². The number of imidazole rings is 4. The number of hydrogen-bond donors (Lipinski definition) is 0. The molecule has 13 aromatic rings. The molecule has 0 fully saturated rings. The Morgan fingerprint density at radius 2 is 0.864 bits per heavy atom. The Kier molecular flexibility index (Phi) is 8.79. The maximum Gasteiger partial charge on any atom is 2.00 e. The van der Waals surface area contributed by atoms with Crippen molar-refractivity contribution in [1.29, 1.82) is 0 Å². The molecule has 5 heterocycles. The van der Waals surface area contributed by atoms with Gasteiger partial charge in [-0.15, -0.1) is 35.7 Å². The van der Waals surface area contributed by atoms with E-state index in [2.05, 4.69) is 234 Å². The molecule has 0 bridgehead atoms. The molecule has 0 amide bonds. The molecule has 66 heavy (non-hydrogen) atoms. The maximum absolute atomic E-state index is 5.21. The molecule has 322 valence electrons. The fraction of sp³-hybridized carbons (Fsp3) is 0.138. The second-order valence-corrected chi connectivity index (χ2v) is 19.5. The number of fused-ring (bicyclic) bond motifs is 13. The molecule has 0 atom stereocenters. The Labute approximate surface area is 396 Å². The average Bonchev–Trinajstić information content (AvgIpc) is 4.10. The summed E-state index contributed by atoms with van der Waals surface area (Å²) < 4.78 is 11.3. The molecule has 0 aliphatic rings. The van der Waals surface area contributed by atoms with Crippen LogP contribution in [0.4, 0.5) is 0 Å². The summed E-state index contributed by atoms with van der Waals surface area (Å²) in [5.41, 5.74) is 18.2. The standard InChI is InChI=1S/C58H45N7.Pt/c1-57(2,3)38-30-37(31-39(33-38)58(4,5)6)36-26-29-47-44(32-36)43-28-27-42(63-51-23-12-14-25-53(51)65-49-21-10-8-19-46(49)60-56(63)65)35-54(43)61(47)40-16-15-17-41(34-40)62-50-22-11-13-24-52(50)64-48-20-9-7-18-45(48)59-55(62)64;/h7-33H,1-6H3;/q-2;+2. The van der Waals surface area contributed by atoms with Crippen LogP contribution in [0.25, 0.3) is 106 Å². The van der Waals surface area contributed by atoms with Gasteiger partial charge < -0.3 is 13.7 Å². The molecule has 0 aliphatic heterocycles. The third-order valence-corrected chi connectivity index (χ3v) is 13.4. The number of nitrogens with zero attached hydrogens (tertiary/aromatic N) is 7. The zero-order valence-corrected chi connectivity index (χ0v) is 39.8. The normalized spacial score (nSPS) is 12.6. The minimum absolute atomic E-state index is 0. The van der Waals surface area contributed by atoms with Gasteiger partial charge in [-0.3, -0.25) is 8.80 Å². The van der Waals surface area contributed by atoms with Crippen LogP contribution in [0.15, 0.2) is 164 Å². The minimum Gasteiger partial charge on any atom is -0.358 e. The van der Waals surface area contributed by atoms with Crippen LogP contribution in [0.3, 0.4) is 0 Å². The molecule has 0 saturated carbocycles. The zero-order valence-electron chi connectivity index (χ0n) is 37.5. The molecular formula is C58H45N7Pt. The summed E-state index contributed by atoms with van der Waals surface area (Å²) in [6.07, 6.45) is 0. The van der Waals surface area contributed by atoms with Crippen molar-refractivity contribution < 1.29 is 21.1 Å². The van der Waals surface area contributed by atoms with Crippen molar-refractivity contribution in [3.63, 3.8) is 0 Å². The number of aromatic nitrogens is 7. The molecule has 13 rings (SSSR count). The van der Waals surface area contributed by atoms with Crippen LogP contribution in [0.5, 0.6) is 0 Å². The van der Waals surface area contributed by atoms with E-state index in [0.29, 0.717) is 0 Å². The van der Waals surface area contributed by atoms with E-state index in [0.717, 1.165) is 94.6 Å². The molecule has 7 nitrogen and oxygen atoms in total. The van der Waals surface area contributed by atoms with Gasteiger partial charge in [0.05, 0.1) is 44.1 Å². The quantitative estimate of drug-likeness (QED) is 0.165. The van der Waals surface area contributed by atoms with Gasteiger partial charge in [-0.05, 0) is 93.1 Å². The van der Waals surface area contributed by atoms with Crippen molar-refractivity contribution in [2.75, 3.05) is 0 Å². The SMILES string of the molecule is CC(C)(C)c1cc(-c2ccc3c(c2)c2ccc(-n4c5ccccc5n5c6ccccc6nc45)[c-]c2n3-c2[c-]c(-n3c4ccccc4n4c5ccccc5nc34)ccc2)cc(C(C)(C)C)c1.[Pt+2]. The Hall–Kier alpha value is -7.21. The number of para-hydroxylation sites is 8. The van der Waals surface area contributed by atoms with Crippen LogP contribution >= 0.6 is 0 Å². The van der Waals surface area contributed by atoms with Crippen molar-refractivity contribution in [2.24, 2.45) is 0 Å². The van der Waals surface area contributed by atoms with Crippen LogP contribution < -0.4 is 0 Å². The number of hydrogen-bond acceptors (Lipinski definition) is 2. The molecule has 0 aliphatic carbocycles.